The number of halogens is 1. The first-order valence-electron chi connectivity index (χ1n) is 10.9. The van der Waals surface area contributed by atoms with Crippen LogP contribution in [0.4, 0.5) is 10.1 Å². The number of ketones is 1. The summed E-state index contributed by atoms with van der Waals surface area (Å²) in [5.74, 6) is -1.93. The summed E-state index contributed by atoms with van der Waals surface area (Å²) >= 11 is 0. The minimum absolute atomic E-state index is 0.0164. The second kappa shape index (κ2) is 8.03. The number of carbonyl (C=O) groups is 3. The molecule has 1 aromatic heterocycles. The lowest BCUT2D eigenvalue weighted by molar-refractivity contribution is -0.121. The zero-order chi connectivity index (χ0) is 23.2. The Bertz CT molecular complexity index is 1120. The molecule has 1 fully saturated rings. The van der Waals surface area contributed by atoms with Crippen molar-refractivity contribution in [3.63, 3.8) is 0 Å². The summed E-state index contributed by atoms with van der Waals surface area (Å²) in [6.07, 6.45) is 3.24. The fourth-order valence-corrected chi connectivity index (χ4v) is 4.70. The Morgan fingerprint density at radius 2 is 2.03 bits per heavy atom. The number of nitrogens with two attached hydrogens (primary N) is 1. The van der Waals surface area contributed by atoms with E-state index in [-0.39, 0.29) is 28.4 Å². The largest absolute Gasteiger partial charge is 0.373 e. The van der Waals surface area contributed by atoms with Crippen LogP contribution in [0.1, 0.15) is 71.6 Å². The van der Waals surface area contributed by atoms with Gasteiger partial charge in [-0.2, -0.15) is 5.10 Å². The van der Waals surface area contributed by atoms with Crippen molar-refractivity contribution in [2.75, 3.05) is 11.9 Å². The molecule has 1 saturated heterocycles. The zero-order valence-electron chi connectivity index (χ0n) is 18.5. The number of amides is 2. The van der Waals surface area contributed by atoms with Gasteiger partial charge in [0.1, 0.15) is 11.9 Å². The molecule has 8 nitrogen and oxygen atoms in total. The third kappa shape index (κ3) is 3.99. The highest BCUT2D eigenvalue weighted by Crippen LogP contribution is 2.37. The summed E-state index contributed by atoms with van der Waals surface area (Å²) in [7, 11) is 0. The topological polar surface area (TPSA) is 119 Å². The van der Waals surface area contributed by atoms with Crippen molar-refractivity contribution >= 4 is 23.3 Å². The van der Waals surface area contributed by atoms with Gasteiger partial charge >= 0.3 is 0 Å². The number of hydrogen-bond acceptors (Lipinski definition) is 5. The summed E-state index contributed by atoms with van der Waals surface area (Å²) in [4.78, 5) is 37.2. The van der Waals surface area contributed by atoms with Gasteiger partial charge in [0.2, 0.25) is 5.91 Å². The van der Waals surface area contributed by atoms with Gasteiger partial charge in [-0.3, -0.25) is 14.4 Å². The Labute approximate surface area is 185 Å². The number of aromatic nitrogens is 2. The van der Waals surface area contributed by atoms with E-state index >= 15 is 4.39 Å². The Balaban J connectivity index is 1.82. The maximum atomic E-state index is 15.1. The first-order chi connectivity index (χ1) is 15.1. The maximum absolute atomic E-state index is 15.1. The van der Waals surface area contributed by atoms with E-state index in [0.717, 1.165) is 12.8 Å². The van der Waals surface area contributed by atoms with Gasteiger partial charge in [0.05, 0.1) is 33.9 Å². The summed E-state index contributed by atoms with van der Waals surface area (Å²) < 4.78 is 16.7. The number of fused-ring (bicyclic) bond motifs is 1. The molecule has 2 aliphatic rings. The van der Waals surface area contributed by atoms with Crippen LogP contribution in [0.3, 0.4) is 0 Å². The van der Waals surface area contributed by atoms with E-state index in [1.165, 1.54) is 6.07 Å². The smallest absolute Gasteiger partial charge is 0.253 e. The number of nitrogens with zero attached hydrogens (tertiary/aromatic N) is 2. The molecule has 1 unspecified atom stereocenters. The van der Waals surface area contributed by atoms with E-state index in [9.17, 15) is 14.4 Å². The van der Waals surface area contributed by atoms with Gasteiger partial charge in [-0.15, -0.1) is 0 Å². The molecule has 1 aliphatic carbocycles. The fourth-order valence-electron chi connectivity index (χ4n) is 4.70. The van der Waals surface area contributed by atoms with Gasteiger partial charge in [-0.25, -0.2) is 9.07 Å². The molecule has 1 aliphatic heterocycles. The van der Waals surface area contributed by atoms with Gasteiger partial charge in [0, 0.05) is 19.0 Å². The molecule has 9 heteroatoms. The molecular formula is C23H28FN5O3. The van der Waals surface area contributed by atoms with Crippen molar-refractivity contribution in [3.05, 3.63) is 40.5 Å². The summed E-state index contributed by atoms with van der Waals surface area (Å²) in [5, 5.41) is 10.4. The van der Waals surface area contributed by atoms with E-state index in [2.05, 4.69) is 15.7 Å². The van der Waals surface area contributed by atoms with Crippen LogP contribution in [0.2, 0.25) is 0 Å². The van der Waals surface area contributed by atoms with Crippen molar-refractivity contribution in [1.29, 1.82) is 0 Å². The number of carbonyl (C=O) groups excluding carboxylic acids is 3. The Hall–Kier alpha value is -3.23. The molecule has 2 aromatic rings. The number of anilines is 1. The molecule has 1 aromatic carbocycles. The predicted molar refractivity (Wildman–Crippen MR) is 117 cm³/mol. The number of nitrogens with one attached hydrogen (secondary N) is 2. The highest BCUT2D eigenvalue weighted by atomic mass is 19.1. The molecule has 4 rings (SSSR count). The van der Waals surface area contributed by atoms with Crippen molar-refractivity contribution in [2.24, 2.45) is 11.1 Å². The van der Waals surface area contributed by atoms with Gasteiger partial charge in [-0.1, -0.05) is 13.8 Å². The lowest BCUT2D eigenvalue weighted by atomic mass is 9.75. The molecule has 2 amide bonds. The van der Waals surface area contributed by atoms with E-state index in [0.29, 0.717) is 48.4 Å². The normalized spacial score (nSPS) is 20.3. The molecule has 4 N–H and O–H groups in total. The van der Waals surface area contributed by atoms with Crippen LogP contribution in [0.15, 0.2) is 12.1 Å². The lowest BCUT2D eigenvalue weighted by Crippen LogP contribution is -2.38. The van der Waals surface area contributed by atoms with E-state index in [1.807, 2.05) is 13.8 Å². The molecule has 170 valence electrons. The van der Waals surface area contributed by atoms with Crippen LogP contribution in [-0.2, 0) is 11.2 Å². The fraction of sp³-hybridized carbons (Fsp3) is 0.478. The van der Waals surface area contributed by atoms with Crippen molar-refractivity contribution < 1.29 is 18.8 Å². The number of aryl methyl sites for hydroxylation is 1. The van der Waals surface area contributed by atoms with Crippen molar-refractivity contribution in [3.8, 4) is 5.69 Å². The maximum Gasteiger partial charge on any atom is 0.253 e. The van der Waals surface area contributed by atoms with Crippen LogP contribution >= 0.6 is 0 Å². The second-order valence-corrected chi connectivity index (χ2v) is 9.46. The molecule has 0 bridgehead atoms. The first-order valence-corrected chi connectivity index (χ1v) is 10.9. The number of Topliss-reactive ketones (excluding diaryl/α,β-unsaturated/α-hetero) is 1. The average Bonchev–Trinajstić information content (AvgIpc) is 2.87. The number of hydrogen-bond donors (Lipinski definition) is 3. The van der Waals surface area contributed by atoms with Crippen LogP contribution < -0.4 is 16.4 Å². The van der Waals surface area contributed by atoms with E-state index in [1.54, 1.807) is 17.7 Å². The summed E-state index contributed by atoms with van der Waals surface area (Å²) in [5.41, 5.74) is 7.27. The molecule has 2 heterocycles. The quantitative estimate of drug-likeness (QED) is 0.674. The molecule has 1 atom stereocenters. The number of primary amides is 1. The molecule has 0 spiro atoms. The van der Waals surface area contributed by atoms with Crippen LogP contribution in [0.5, 0.6) is 0 Å². The Morgan fingerprint density at radius 3 is 2.75 bits per heavy atom. The second-order valence-electron chi connectivity index (χ2n) is 9.46. The summed E-state index contributed by atoms with van der Waals surface area (Å²) in [6, 6.07) is 2.15. The lowest BCUT2D eigenvalue weighted by Gasteiger charge is -2.29. The monoisotopic (exact) mass is 441 g/mol. The van der Waals surface area contributed by atoms with E-state index < -0.39 is 17.8 Å². The van der Waals surface area contributed by atoms with Gasteiger partial charge in [0.25, 0.3) is 5.91 Å². The highest BCUT2D eigenvalue weighted by molar-refractivity contribution is 6.01. The van der Waals surface area contributed by atoms with Gasteiger partial charge in [0.15, 0.2) is 5.78 Å². The predicted octanol–water partition coefficient (Wildman–Crippen LogP) is 2.65. The summed E-state index contributed by atoms with van der Waals surface area (Å²) in [6.45, 7) is 6.36. The SMILES string of the molecule is Cc1nn(-c2cc(F)c(C(N)=O)c(NC3CCCCNC3=O)c2)c2c1C(=O)CC(C)(C)C2. The third-order valence-electron chi connectivity index (χ3n) is 6.15. The van der Waals surface area contributed by atoms with Crippen LogP contribution in [-0.4, -0.2) is 40.0 Å². The molecular weight excluding hydrogens is 413 g/mol. The van der Waals surface area contributed by atoms with Gasteiger partial charge in [-0.05, 0) is 44.1 Å². The minimum atomic E-state index is -0.930. The third-order valence-corrected chi connectivity index (χ3v) is 6.15. The van der Waals surface area contributed by atoms with Gasteiger partial charge < -0.3 is 16.4 Å². The standard InChI is InChI=1S/C23H28FN5O3/c1-12-19-17(10-23(2,3)11-18(19)30)29(28-12)13-8-14(24)20(21(25)31)16(9-13)27-15-6-4-5-7-26-22(15)32/h8-9,15,27H,4-7,10-11H2,1-3H3,(H2,25,31)(H,26,32). The van der Waals surface area contributed by atoms with E-state index in [4.69, 9.17) is 5.73 Å². The zero-order valence-corrected chi connectivity index (χ0v) is 18.5. The average molecular weight is 442 g/mol. The highest BCUT2D eigenvalue weighted by Gasteiger charge is 2.36. The van der Waals surface area contributed by atoms with Crippen LogP contribution in [0, 0.1) is 18.2 Å². The van der Waals surface area contributed by atoms with Crippen molar-refractivity contribution in [2.45, 2.75) is 58.9 Å². The molecule has 0 radical (unpaired) electrons. The molecule has 0 saturated carbocycles. The Morgan fingerprint density at radius 1 is 1.28 bits per heavy atom. The Kier molecular flexibility index (Phi) is 5.52. The minimum Gasteiger partial charge on any atom is -0.373 e. The number of rotatable bonds is 4. The van der Waals surface area contributed by atoms with Crippen molar-refractivity contribution in [1.82, 2.24) is 15.1 Å². The molecule has 32 heavy (non-hydrogen) atoms. The number of benzene rings is 1. The first kappa shape index (κ1) is 22.0. The van der Waals surface area contributed by atoms with Crippen LogP contribution in [0.25, 0.3) is 5.69 Å².